The quantitative estimate of drug-likeness (QED) is 0.865. The summed E-state index contributed by atoms with van der Waals surface area (Å²) in [6.45, 7) is 2.48. The summed E-state index contributed by atoms with van der Waals surface area (Å²) in [5.41, 5.74) is 6.50. The second-order valence-electron chi connectivity index (χ2n) is 5.22. The van der Waals surface area contributed by atoms with E-state index in [4.69, 9.17) is 5.73 Å². The van der Waals surface area contributed by atoms with Crippen LogP contribution in [0.25, 0.3) is 0 Å². The molecule has 0 spiro atoms. The van der Waals surface area contributed by atoms with Gasteiger partial charge < -0.3 is 5.73 Å². The van der Waals surface area contributed by atoms with Crippen LogP contribution in [0.4, 0.5) is 13.2 Å². The third-order valence-corrected chi connectivity index (χ3v) is 3.56. The molecule has 0 amide bonds. The lowest BCUT2D eigenvalue weighted by molar-refractivity contribution is -0.0965. The number of halogens is 3. The van der Waals surface area contributed by atoms with Crippen molar-refractivity contribution in [3.63, 3.8) is 0 Å². The fraction of sp³-hybridized carbons (Fsp3) is 0.615. The van der Waals surface area contributed by atoms with Gasteiger partial charge >= 0.3 is 6.18 Å². The minimum absolute atomic E-state index is 0.00693. The summed E-state index contributed by atoms with van der Waals surface area (Å²) in [5, 5.41) is 4.11. The maximum Gasteiger partial charge on any atom is 0.412 e. The van der Waals surface area contributed by atoms with Crippen molar-refractivity contribution < 1.29 is 13.2 Å². The van der Waals surface area contributed by atoms with Gasteiger partial charge in [0.2, 0.25) is 0 Å². The normalized spacial score (nSPS) is 20.6. The smallest absolute Gasteiger partial charge is 0.326 e. The molecule has 0 aliphatic carbocycles. The van der Waals surface area contributed by atoms with Gasteiger partial charge in [-0.15, -0.1) is 0 Å². The summed E-state index contributed by atoms with van der Waals surface area (Å²) >= 11 is 0. The highest BCUT2D eigenvalue weighted by Gasteiger charge is 2.36. The molecule has 1 aliphatic rings. The molecule has 0 saturated heterocycles. The van der Waals surface area contributed by atoms with Gasteiger partial charge in [0.05, 0.1) is 12.2 Å². The standard InChI is InChI=1S/C13H19F3N4/c1-9(17)12(10-7-18-19(2)8-10)20-5-3-11(4-6-20)13(14,15)16/h3,7-9,12H,4-6,17H2,1-2H3. The van der Waals surface area contributed by atoms with E-state index in [0.29, 0.717) is 6.54 Å². The van der Waals surface area contributed by atoms with Crippen molar-refractivity contribution in [2.45, 2.75) is 31.6 Å². The summed E-state index contributed by atoms with van der Waals surface area (Å²) in [6, 6.07) is -0.297. The Morgan fingerprint density at radius 3 is 2.50 bits per heavy atom. The predicted octanol–water partition coefficient (Wildman–Crippen LogP) is 2.00. The van der Waals surface area contributed by atoms with Crippen molar-refractivity contribution in [3.05, 3.63) is 29.6 Å². The Kier molecular flexibility index (Phi) is 4.19. The van der Waals surface area contributed by atoms with Crippen molar-refractivity contribution in [2.75, 3.05) is 13.1 Å². The zero-order chi connectivity index (χ0) is 14.9. The monoisotopic (exact) mass is 288 g/mol. The SMILES string of the molecule is CC(N)C(c1cnn(C)c1)N1CC=C(C(F)(F)F)CC1. The fourth-order valence-corrected chi connectivity index (χ4v) is 2.63. The fourth-order valence-electron chi connectivity index (χ4n) is 2.63. The van der Waals surface area contributed by atoms with Crippen LogP contribution in [0.2, 0.25) is 0 Å². The van der Waals surface area contributed by atoms with Gasteiger partial charge in [0.25, 0.3) is 0 Å². The maximum atomic E-state index is 12.6. The molecule has 112 valence electrons. The van der Waals surface area contributed by atoms with E-state index >= 15 is 0 Å². The minimum Gasteiger partial charge on any atom is -0.326 e. The Bertz CT molecular complexity index is 490. The number of rotatable bonds is 3. The van der Waals surface area contributed by atoms with E-state index in [-0.39, 0.29) is 25.0 Å². The van der Waals surface area contributed by atoms with Crippen LogP contribution in [0.5, 0.6) is 0 Å². The van der Waals surface area contributed by atoms with Crippen molar-refractivity contribution in [2.24, 2.45) is 12.8 Å². The van der Waals surface area contributed by atoms with E-state index in [9.17, 15) is 13.2 Å². The average Bonchev–Trinajstić information content (AvgIpc) is 2.75. The molecule has 0 radical (unpaired) electrons. The van der Waals surface area contributed by atoms with Gasteiger partial charge in [0.1, 0.15) is 0 Å². The molecule has 20 heavy (non-hydrogen) atoms. The van der Waals surface area contributed by atoms with Gasteiger partial charge in [-0.25, -0.2) is 0 Å². The highest BCUT2D eigenvalue weighted by Crippen LogP contribution is 2.33. The minimum atomic E-state index is -4.22. The zero-order valence-corrected chi connectivity index (χ0v) is 11.6. The number of nitrogens with zero attached hydrogens (tertiary/aromatic N) is 3. The summed E-state index contributed by atoms with van der Waals surface area (Å²) in [4.78, 5) is 1.97. The Labute approximate surface area is 116 Å². The summed E-state index contributed by atoms with van der Waals surface area (Å²) in [5.74, 6) is 0. The van der Waals surface area contributed by atoms with Crippen LogP contribution in [0.3, 0.4) is 0 Å². The predicted molar refractivity (Wildman–Crippen MR) is 69.9 cm³/mol. The molecule has 2 unspecified atom stereocenters. The Morgan fingerprint density at radius 2 is 2.10 bits per heavy atom. The third-order valence-electron chi connectivity index (χ3n) is 3.56. The molecule has 1 aromatic rings. The average molecular weight is 288 g/mol. The number of aryl methyl sites for hydroxylation is 1. The van der Waals surface area contributed by atoms with Gasteiger partial charge in [0.15, 0.2) is 0 Å². The molecule has 2 N–H and O–H groups in total. The van der Waals surface area contributed by atoms with Crippen LogP contribution in [-0.4, -0.2) is 40.0 Å². The summed E-state index contributed by atoms with van der Waals surface area (Å²) in [7, 11) is 1.81. The van der Waals surface area contributed by atoms with Crippen LogP contribution in [0, 0.1) is 0 Å². The molecular formula is C13H19F3N4. The number of alkyl halides is 3. The molecule has 0 bridgehead atoms. The van der Waals surface area contributed by atoms with Gasteiger partial charge in [-0.1, -0.05) is 6.08 Å². The summed E-state index contributed by atoms with van der Waals surface area (Å²) in [6.07, 6.45) is 0.625. The molecule has 4 nitrogen and oxygen atoms in total. The van der Waals surface area contributed by atoms with Crippen molar-refractivity contribution in [1.29, 1.82) is 0 Å². The lowest BCUT2D eigenvalue weighted by atomic mass is 9.99. The van der Waals surface area contributed by atoms with Gasteiger partial charge in [-0.05, 0) is 13.3 Å². The van der Waals surface area contributed by atoms with E-state index in [2.05, 4.69) is 5.10 Å². The van der Waals surface area contributed by atoms with Crippen LogP contribution in [0.1, 0.15) is 24.9 Å². The number of hydrogen-bond donors (Lipinski definition) is 1. The van der Waals surface area contributed by atoms with Crippen LogP contribution in [0.15, 0.2) is 24.0 Å². The lowest BCUT2D eigenvalue weighted by Gasteiger charge is -2.36. The summed E-state index contributed by atoms with van der Waals surface area (Å²) < 4.78 is 39.6. The van der Waals surface area contributed by atoms with Gasteiger partial charge in [-0.3, -0.25) is 9.58 Å². The van der Waals surface area contributed by atoms with Crippen LogP contribution >= 0.6 is 0 Å². The molecule has 2 heterocycles. The molecule has 0 aromatic carbocycles. The Balaban J connectivity index is 2.16. The first-order chi connectivity index (χ1) is 9.29. The van der Waals surface area contributed by atoms with Gasteiger partial charge in [0, 0.05) is 43.5 Å². The number of nitrogens with two attached hydrogens (primary N) is 1. The molecular weight excluding hydrogens is 269 g/mol. The van der Waals surface area contributed by atoms with E-state index in [0.717, 1.165) is 5.56 Å². The van der Waals surface area contributed by atoms with Crippen molar-refractivity contribution in [3.8, 4) is 0 Å². The number of hydrogen-bond acceptors (Lipinski definition) is 3. The molecule has 0 saturated carbocycles. The topological polar surface area (TPSA) is 47.1 Å². The molecule has 1 aliphatic heterocycles. The number of aromatic nitrogens is 2. The van der Waals surface area contributed by atoms with E-state index in [1.165, 1.54) is 6.08 Å². The zero-order valence-electron chi connectivity index (χ0n) is 11.6. The van der Waals surface area contributed by atoms with Crippen LogP contribution in [-0.2, 0) is 7.05 Å². The molecule has 7 heteroatoms. The van der Waals surface area contributed by atoms with E-state index < -0.39 is 11.7 Å². The molecule has 0 fully saturated rings. The van der Waals surface area contributed by atoms with Gasteiger partial charge in [-0.2, -0.15) is 18.3 Å². The van der Waals surface area contributed by atoms with E-state index in [1.807, 2.05) is 18.0 Å². The maximum absolute atomic E-state index is 12.6. The first-order valence-corrected chi connectivity index (χ1v) is 6.53. The highest BCUT2D eigenvalue weighted by molar-refractivity contribution is 5.18. The Hall–Kier alpha value is -1.34. The molecule has 1 aromatic heterocycles. The first kappa shape index (κ1) is 15.1. The lowest BCUT2D eigenvalue weighted by Crippen LogP contribution is -2.42. The van der Waals surface area contributed by atoms with Crippen LogP contribution < -0.4 is 5.73 Å². The first-order valence-electron chi connectivity index (χ1n) is 6.53. The largest absolute Gasteiger partial charge is 0.412 e. The van der Waals surface area contributed by atoms with Crippen molar-refractivity contribution in [1.82, 2.24) is 14.7 Å². The highest BCUT2D eigenvalue weighted by atomic mass is 19.4. The van der Waals surface area contributed by atoms with E-state index in [1.54, 1.807) is 17.9 Å². The molecule has 2 atom stereocenters. The second kappa shape index (κ2) is 5.57. The van der Waals surface area contributed by atoms with Crippen molar-refractivity contribution >= 4 is 0 Å². The third kappa shape index (κ3) is 3.21. The molecule has 2 rings (SSSR count). The second-order valence-corrected chi connectivity index (χ2v) is 5.22. The Morgan fingerprint density at radius 1 is 1.40 bits per heavy atom.